The molecule has 0 saturated carbocycles. The molecule has 9 rings (SSSR count). The average molecular weight is 526 g/mol. The number of aromatic nitrogens is 5. The van der Waals surface area contributed by atoms with E-state index in [1.54, 1.807) is 6.33 Å². The fourth-order valence-corrected chi connectivity index (χ4v) is 6.48. The first-order chi connectivity index (χ1) is 20.4. The lowest BCUT2D eigenvalue weighted by molar-refractivity contribution is 1.03. The Morgan fingerprint density at radius 3 is 1.44 bits per heavy atom. The number of hydrogen-bond acceptors (Lipinski definition) is 2. The van der Waals surface area contributed by atoms with Crippen LogP contribution in [-0.4, -0.2) is 23.7 Å². The van der Waals surface area contributed by atoms with Crippen LogP contribution >= 0.6 is 0 Å². The molecule has 0 bridgehead atoms. The summed E-state index contributed by atoms with van der Waals surface area (Å²) >= 11 is 0. The van der Waals surface area contributed by atoms with Crippen LogP contribution in [0.4, 0.5) is 0 Å². The van der Waals surface area contributed by atoms with Gasteiger partial charge in [0.05, 0.1) is 27.8 Å². The van der Waals surface area contributed by atoms with E-state index in [0.29, 0.717) is 0 Å². The number of fused-ring (bicyclic) bond motifs is 7. The lowest BCUT2D eigenvalue weighted by Crippen LogP contribution is -2.03. The van der Waals surface area contributed by atoms with E-state index < -0.39 is 0 Å². The number of hydrogen-bond donors (Lipinski definition) is 0. The summed E-state index contributed by atoms with van der Waals surface area (Å²) in [5, 5.41) is 4.85. The maximum absolute atomic E-state index is 4.98. The molecule has 0 atom stereocenters. The molecule has 0 unspecified atom stereocenters. The molecule has 41 heavy (non-hydrogen) atoms. The summed E-state index contributed by atoms with van der Waals surface area (Å²) in [4.78, 5) is 9.94. The molecule has 0 aliphatic carbocycles. The predicted octanol–water partition coefficient (Wildman–Crippen LogP) is 8.61. The highest BCUT2D eigenvalue weighted by molar-refractivity contribution is 6.12. The lowest BCUT2D eigenvalue weighted by atomic mass is 10.2. The lowest BCUT2D eigenvalue weighted by Gasteiger charge is -2.11. The molecule has 0 amide bonds. The Kier molecular flexibility index (Phi) is 4.55. The first-order valence-electron chi connectivity index (χ1n) is 13.8. The van der Waals surface area contributed by atoms with Gasteiger partial charge in [0.1, 0.15) is 17.4 Å². The van der Waals surface area contributed by atoms with Crippen LogP contribution in [0.1, 0.15) is 0 Å². The summed E-state index contributed by atoms with van der Waals surface area (Å²) in [5.74, 6) is 0.850. The standard InChI is InChI=1S/C36H23N5/c1-2-12-24(13-3-1)39-22-33(40-29-18-8-4-14-25(29)26-15-5-9-19-30(26)40)34-35(39)36(38-23-37-34)41-31-20-10-6-16-27(31)28-17-7-11-21-32(28)41/h1-23H. The zero-order chi connectivity index (χ0) is 26.9. The summed E-state index contributed by atoms with van der Waals surface area (Å²) < 4.78 is 6.87. The van der Waals surface area contributed by atoms with E-state index in [4.69, 9.17) is 9.97 Å². The maximum Gasteiger partial charge on any atom is 0.166 e. The third-order valence-corrected chi connectivity index (χ3v) is 8.19. The Morgan fingerprint density at radius 2 is 0.902 bits per heavy atom. The average Bonchev–Trinajstić information content (AvgIpc) is 3.69. The normalized spacial score (nSPS) is 11.9. The van der Waals surface area contributed by atoms with Crippen molar-refractivity contribution in [3.63, 3.8) is 0 Å². The van der Waals surface area contributed by atoms with Crippen LogP contribution < -0.4 is 0 Å². The molecule has 0 fully saturated rings. The van der Waals surface area contributed by atoms with Crippen molar-refractivity contribution >= 4 is 54.6 Å². The second-order valence-corrected chi connectivity index (χ2v) is 10.4. The first-order valence-corrected chi connectivity index (χ1v) is 13.8. The van der Waals surface area contributed by atoms with E-state index in [9.17, 15) is 0 Å². The molecule has 0 spiro atoms. The highest BCUT2D eigenvalue weighted by atomic mass is 15.2. The molecule has 4 heterocycles. The minimum atomic E-state index is 0.850. The fourth-order valence-electron chi connectivity index (χ4n) is 6.48. The molecule has 192 valence electrons. The second kappa shape index (κ2) is 8.41. The predicted molar refractivity (Wildman–Crippen MR) is 168 cm³/mol. The van der Waals surface area contributed by atoms with Crippen molar-refractivity contribution < 1.29 is 0 Å². The Labute approximate surface area is 235 Å². The van der Waals surface area contributed by atoms with Gasteiger partial charge in [0.25, 0.3) is 0 Å². The van der Waals surface area contributed by atoms with Gasteiger partial charge in [-0.1, -0.05) is 91.0 Å². The molecule has 9 aromatic rings. The summed E-state index contributed by atoms with van der Waals surface area (Å²) in [6.45, 7) is 0. The SMILES string of the molecule is c1ccc(-n2cc(-n3c4ccccc4c4ccccc43)c3ncnc(-n4c5ccccc5c5ccccc54)c32)cc1. The quantitative estimate of drug-likeness (QED) is 0.232. The zero-order valence-corrected chi connectivity index (χ0v) is 22.0. The number of benzene rings is 5. The molecule has 0 radical (unpaired) electrons. The van der Waals surface area contributed by atoms with Crippen LogP contribution in [0.25, 0.3) is 71.8 Å². The molecule has 0 aliphatic rings. The van der Waals surface area contributed by atoms with Gasteiger partial charge in [-0.05, 0) is 36.4 Å². The molecule has 4 aromatic heterocycles. The minimum Gasteiger partial charge on any atom is -0.310 e. The number of rotatable bonds is 3. The van der Waals surface area contributed by atoms with Gasteiger partial charge in [-0.2, -0.15) is 0 Å². The molecule has 5 aromatic carbocycles. The van der Waals surface area contributed by atoms with E-state index in [1.807, 2.05) is 6.07 Å². The van der Waals surface area contributed by atoms with Gasteiger partial charge in [-0.25, -0.2) is 9.97 Å². The van der Waals surface area contributed by atoms with Crippen molar-refractivity contribution in [1.29, 1.82) is 0 Å². The Bertz CT molecular complexity index is 2320. The van der Waals surface area contributed by atoms with Crippen LogP contribution in [0.5, 0.6) is 0 Å². The van der Waals surface area contributed by atoms with E-state index in [1.165, 1.54) is 21.5 Å². The highest BCUT2D eigenvalue weighted by Gasteiger charge is 2.23. The third-order valence-electron chi connectivity index (χ3n) is 8.19. The monoisotopic (exact) mass is 525 g/mol. The van der Waals surface area contributed by atoms with Crippen molar-refractivity contribution in [3.8, 4) is 17.2 Å². The molecular formula is C36H23N5. The van der Waals surface area contributed by atoms with Gasteiger partial charge in [0.15, 0.2) is 5.82 Å². The van der Waals surface area contributed by atoms with E-state index in [2.05, 4.69) is 141 Å². The largest absolute Gasteiger partial charge is 0.310 e. The smallest absolute Gasteiger partial charge is 0.166 e. The van der Waals surface area contributed by atoms with Gasteiger partial charge in [0.2, 0.25) is 0 Å². The van der Waals surface area contributed by atoms with Crippen LogP contribution in [-0.2, 0) is 0 Å². The molecule has 5 heteroatoms. The topological polar surface area (TPSA) is 40.6 Å². The fraction of sp³-hybridized carbons (Fsp3) is 0. The zero-order valence-electron chi connectivity index (χ0n) is 22.0. The minimum absolute atomic E-state index is 0.850. The molecule has 5 nitrogen and oxygen atoms in total. The Morgan fingerprint density at radius 1 is 0.439 bits per heavy atom. The van der Waals surface area contributed by atoms with E-state index in [0.717, 1.165) is 50.3 Å². The van der Waals surface area contributed by atoms with Gasteiger partial charge >= 0.3 is 0 Å². The third kappa shape index (κ3) is 3.06. The number of nitrogens with zero attached hydrogens (tertiary/aromatic N) is 5. The Balaban J connectivity index is 1.47. The summed E-state index contributed by atoms with van der Waals surface area (Å²) in [6.07, 6.45) is 3.92. The van der Waals surface area contributed by atoms with E-state index in [-0.39, 0.29) is 0 Å². The van der Waals surface area contributed by atoms with Gasteiger partial charge in [-0.3, -0.25) is 4.57 Å². The first kappa shape index (κ1) is 22.2. The molecule has 0 saturated heterocycles. The van der Waals surface area contributed by atoms with Crippen molar-refractivity contribution in [2.45, 2.75) is 0 Å². The van der Waals surface area contributed by atoms with Crippen LogP contribution in [0.2, 0.25) is 0 Å². The summed E-state index contributed by atoms with van der Waals surface area (Å²) in [5.41, 5.74) is 8.47. The molecule has 0 aliphatic heterocycles. The van der Waals surface area contributed by atoms with Crippen molar-refractivity contribution in [2.24, 2.45) is 0 Å². The summed E-state index contributed by atoms with van der Waals surface area (Å²) in [6, 6.07) is 44.8. The van der Waals surface area contributed by atoms with Crippen LogP contribution in [0, 0.1) is 0 Å². The van der Waals surface area contributed by atoms with Crippen molar-refractivity contribution in [3.05, 3.63) is 140 Å². The van der Waals surface area contributed by atoms with Crippen molar-refractivity contribution in [1.82, 2.24) is 23.7 Å². The van der Waals surface area contributed by atoms with E-state index >= 15 is 0 Å². The highest BCUT2D eigenvalue weighted by Crippen LogP contribution is 2.39. The number of para-hydroxylation sites is 5. The molecule has 0 N–H and O–H groups in total. The Hall–Kier alpha value is -5.68. The second-order valence-electron chi connectivity index (χ2n) is 10.4. The molecular weight excluding hydrogens is 502 g/mol. The van der Waals surface area contributed by atoms with Gasteiger partial charge < -0.3 is 9.13 Å². The van der Waals surface area contributed by atoms with Gasteiger partial charge in [0, 0.05) is 33.4 Å². The van der Waals surface area contributed by atoms with Crippen LogP contribution in [0.3, 0.4) is 0 Å². The van der Waals surface area contributed by atoms with Crippen molar-refractivity contribution in [2.75, 3.05) is 0 Å². The summed E-state index contributed by atoms with van der Waals surface area (Å²) in [7, 11) is 0. The van der Waals surface area contributed by atoms with Gasteiger partial charge in [-0.15, -0.1) is 0 Å². The van der Waals surface area contributed by atoms with Crippen LogP contribution in [0.15, 0.2) is 140 Å². The maximum atomic E-state index is 4.98.